The zero-order valence-electron chi connectivity index (χ0n) is 12.0. The summed E-state index contributed by atoms with van der Waals surface area (Å²) in [4.78, 5) is 24.8. The number of ether oxygens (including phenoxy) is 1. The molecule has 0 aliphatic carbocycles. The fourth-order valence-corrected chi connectivity index (χ4v) is 2.11. The van der Waals surface area contributed by atoms with Crippen LogP contribution in [0.1, 0.15) is 17.3 Å². The van der Waals surface area contributed by atoms with Crippen LogP contribution in [0.25, 0.3) is 10.8 Å². The zero-order valence-corrected chi connectivity index (χ0v) is 12.0. The van der Waals surface area contributed by atoms with Gasteiger partial charge in [0.25, 0.3) is 5.91 Å². The van der Waals surface area contributed by atoms with E-state index in [0.29, 0.717) is 23.9 Å². The molecule has 0 unspecified atom stereocenters. The third-order valence-corrected chi connectivity index (χ3v) is 3.09. The molecule has 110 valence electrons. The molecule has 0 saturated heterocycles. The summed E-state index contributed by atoms with van der Waals surface area (Å²) in [5.74, 6) is 0.481. The van der Waals surface area contributed by atoms with Gasteiger partial charge in [0.2, 0.25) is 5.88 Å². The van der Waals surface area contributed by atoms with Crippen molar-refractivity contribution in [3.05, 3.63) is 54.6 Å². The number of anilines is 1. The highest BCUT2D eigenvalue weighted by atomic mass is 16.5. The molecule has 0 saturated carbocycles. The van der Waals surface area contributed by atoms with Crippen molar-refractivity contribution >= 4 is 22.5 Å². The highest BCUT2D eigenvalue weighted by Crippen LogP contribution is 2.21. The Morgan fingerprint density at radius 2 is 2.09 bits per heavy atom. The molecule has 1 N–H and O–H groups in total. The molecule has 0 aliphatic heterocycles. The van der Waals surface area contributed by atoms with Gasteiger partial charge in [0.15, 0.2) is 0 Å². The molecular weight excluding hydrogens is 280 g/mol. The lowest BCUT2D eigenvalue weighted by Crippen LogP contribution is -2.15. The van der Waals surface area contributed by atoms with Gasteiger partial charge in [-0.05, 0) is 31.2 Å². The van der Waals surface area contributed by atoms with Gasteiger partial charge in [0, 0.05) is 35.6 Å². The average molecular weight is 294 g/mol. The van der Waals surface area contributed by atoms with Crippen LogP contribution in [-0.4, -0.2) is 27.5 Å². The third kappa shape index (κ3) is 2.71. The number of nitrogens with one attached hydrogen (secondary N) is 1. The molecular formula is C16H14N4O2. The Bertz CT molecular complexity index is 815. The summed E-state index contributed by atoms with van der Waals surface area (Å²) in [6.45, 7) is 2.28. The van der Waals surface area contributed by atoms with Crippen LogP contribution in [-0.2, 0) is 0 Å². The van der Waals surface area contributed by atoms with Crippen molar-refractivity contribution in [3.8, 4) is 5.88 Å². The van der Waals surface area contributed by atoms with E-state index in [-0.39, 0.29) is 5.91 Å². The van der Waals surface area contributed by atoms with Crippen LogP contribution in [0.3, 0.4) is 0 Å². The van der Waals surface area contributed by atoms with Crippen molar-refractivity contribution < 1.29 is 9.53 Å². The van der Waals surface area contributed by atoms with Crippen LogP contribution >= 0.6 is 0 Å². The number of carbonyl (C=O) groups excluding carboxylic acids is 1. The first-order chi connectivity index (χ1) is 10.8. The molecule has 0 spiro atoms. The number of rotatable bonds is 4. The lowest BCUT2D eigenvalue weighted by atomic mass is 10.2. The van der Waals surface area contributed by atoms with E-state index in [1.807, 2.05) is 19.1 Å². The fourth-order valence-electron chi connectivity index (χ4n) is 2.11. The highest BCUT2D eigenvalue weighted by Gasteiger charge is 2.15. The summed E-state index contributed by atoms with van der Waals surface area (Å²) >= 11 is 0. The van der Waals surface area contributed by atoms with Gasteiger partial charge in [-0.2, -0.15) is 0 Å². The molecule has 0 atom stereocenters. The predicted octanol–water partition coefficient (Wildman–Crippen LogP) is 2.68. The van der Waals surface area contributed by atoms with E-state index in [1.54, 1.807) is 36.9 Å². The largest absolute Gasteiger partial charge is 0.477 e. The first-order valence-electron chi connectivity index (χ1n) is 6.87. The van der Waals surface area contributed by atoms with Gasteiger partial charge in [-0.3, -0.25) is 9.78 Å². The lowest BCUT2D eigenvalue weighted by Gasteiger charge is -2.10. The zero-order chi connectivity index (χ0) is 15.4. The fraction of sp³-hybridized carbons (Fsp3) is 0.125. The van der Waals surface area contributed by atoms with Gasteiger partial charge >= 0.3 is 0 Å². The Balaban J connectivity index is 1.94. The Kier molecular flexibility index (Phi) is 3.91. The van der Waals surface area contributed by atoms with E-state index in [0.717, 1.165) is 10.8 Å². The van der Waals surface area contributed by atoms with Gasteiger partial charge in [0.1, 0.15) is 11.4 Å². The van der Waals surface area contributed by atoms with Crippen molar-refractivity contribution in [2.45, 2.75) is 6.92 Å². The Morgan fingerprint density at radius 1 is 1.18 bits per heavy atom. The van der Waals surface area contributed by atoms with Crippen LogP contribution in [0.15, 0.2) is 49.1 Å². The first kappa shape index (κ1) is 13.9. The predicted molar refractivity (Wildman–Crippen MR) is 82.9 cm³/mol. The number of fused-ring (bicyclic) bond motifs is 1. The van der Waals surface area contributed by atoms with E-state index in [4.69, 9.17) is 4.74 Å². The molecule has 0 aromatic carbocycles. The van der Waals surface area contributed by atoms with Crippen molar-refractivity contribution in [2.75, 3.05) is 11.9 Å². The Hall–Kier alpha value is -3.02. The molecule has 0 aliphatic rings. The maximum absolute atomic E-state index is 12.5. The molecule has 3 rings (SSSR count). The number of hydrogen-bond acceptors (Lipinski definition) is 5. The minimum absolute atomic E-state index is 0.310. The monoisotopic (exact) mass is 294 g/mol. The molecule has 0 radical (unpaired) electrons. The van der Waals surface area contributed by atoms with Gasteiger partial charge in [-0.15, -0.1) is 0 Å². The number of pyridine rings is 3. The topological polar surface area (TPSA) is 77.0 Å². The van der Waals surface area contributed by atoms with Crippen LogP contribution in [0.5, 0.6) is 5.88 Å². The second-order valence-corrected chi connectivity index (χ2v) is 4.50. The molecule has 6 nitrogen and oxygen atoms in total. The first-order valence-corrected chi connectivity index (χ1v) is 6.87. The van der Waals surface area contributed by atoms with Gasteiger partial charge in [-0.25, -0.2) is 9.97 Å². The molecule has 1 amide bonds. The van der Waals surface area contributed by atoms with Crippen molar-refractivity contribution in [3.63, 3.8) is 0 Å². The average Bonchev–Trinajstić information content (AvgIpc) is 2.56. The molecule has 6 heteroatoms. The van der Waals surface area contributed by atoms with Gasteiger partial charge < -0.3 is 10.1 Å². The second-order valence-electron chi connectivity index (χ2n) is 4.50. The minimum Gasteiger partial charge on any atom is -0.477 e. The quantitative estimate of drug-likeness (QED) is 0.800. The lowest BCUT2D eigenvalue weighted by molar-refractivity contribution is 0.102. The summed E-state index contributed by atoms with van der Waals surface area (Å²) in [6.07, 6.45) is 6.60. The minimum atomic E-state index is -0.312. The molecule has 0 bridgehead atoms. The number of hydrogen-bond donors (Lipinski definition) is 1. The second kappa shape index (κ2) is 6.17. The summed E-state index contributed by atoms with van der Waals surface area (Å²) in [5, 5.41) is 4.54. The highest BCUT2D eigenvalue weighted by molar-refractivity contribution is 6.09. The van der Waals surface area contributed by atoms with Crippen LogP contribution < -0.4 is 10.1 Å². The Morgan fingerprint density at radius 3 is 2.95 bits per heavy atom. The normalized spacial score (nSPS) is 10.4. The maximum Gasteiger partial charge on any atom is 0.262 e. The van der Waals surface area contributed by atoms with Crippen molar-refractivity contribution in [1.82, 2.24) is 15.0 Å². The van der Waals surface area contributed by atoms with E-state index < -0.39 is 0 Å². The standard InChI is InChI=1S/C16H14N4O2/c1-2-22-16-13(4-3-7-19-16)15(21)20-14-12-6-8-17-10-11(12)5-9-18-14/h3-10H,2H2,1H3,(H,18,20,21). The van der Waals surface area contributed by atoms with E-state index >= 15 is 0 Å². The number of aromatic nitrogens is 3. The number of amides is 1. The number of carbonyl (C=O) groups is 1. The molecule has 0 fully saturated rings. The van der Waals surface area contributed by atoms with Crippen molar-refractivity contribution in [1.29, 1.82) is 0 Å². The third-order valence-electron chi connectivity index (χ3n) is 3.09. The molecule has 22 heavy (non-hydrogen) atoms. The molecule has 3 heterocycles. The summed E-state index contributed by atoms with van der Waals surface area (Å²) in [5.41, 5.74) is 0.372. The van der Waals surface area contributed by atoms with Crippen LogP contribution in [0, 0.1) is 0 Å². The maximum atomic E-state index is 12.5. The summed E-state index contributed by atoms with van der Waals surface area (Å²) < 4.78 is 5.38. The smallest absolute Gasteiger partial charge is 0.262 e. The molecule has 3 aromatic heterocycles. The van der Waals surface area contributed by atoms with Gasteiger partial charge in [0.05, 0.1) is 6.61 Å². The Labute approximate surface area is 127 Å². The summed E-state index contributed by atoms with van der Waals surface area (Å²) in [6, 6.07) is 7.01. The van der Waals surface area contributed by atoms with E-state index in [1.165, 1.54) is 0 Å². The van der Waals surface area contributed by atoms with E-state index in [2.05, 4.69) is 20.3 Å². The van der Waals surface area contributed by atoms with Crippen LogP contribution in [0.2, 0.25) is 0 Å². The van der Waals surface area contributed by atoms with E-state index in [9.17, 15) is 4.79 Å². The summed E-state index contributed by atoms with van der Waals surface area (Å²) in [7, 11) is 0. The SMILES string of the molecule is CCOc1ncccc1C(=O)Nc1nccc2cnccc12. The van der Waals surface area contributed by atoms with Crippen LogP contribution in [0.4, 0.5) is 5.82 Å². The van der Waals surface area contributed by atoms with Gasteiger partial charge in [-0.1, -0.05) is 0 Å². The van der Waals surface area contributed by atoms with Crippen molar-refractivity contribution in [2.24, 2.45) is 0 Å². The molecule has 3 aromatic rings. The number of nitrogens with zero attached hydrogens (tertiary/aromatic N) is 3.